The maximum atomic E-state index is 6.36. The molecule has 3 aliphatic rings. The van der Waals surface area contributed by atoms with Gasteiger partial charge in [-0.3, -0.25) is 9.97 Å². The summed E-state index contributed by atoms with van der Waals surface area (Å²) in [6.07, 6.45) is 5.71. The van der Waals surface area contributed by atoms with E-state index in [1.54, 1.807) is 367 Å². The summed E-state index contributed by atoms with van der Waals surface area (Å²) in [6.45, 7) is 14.4. The summed E-state index contributed by atoms with van der Waals surface area (Å²) in [5, 5.41) is 106. The molecule has 3 aliphatic carbocycles. The topological polar surface area (TPSA) is 25.8 Å². The molecule has 34 aromatic carbocycles. The molecule has 0 fully saturated rings. The maximum absolute atomic E-state index is 6.36. The van der Waals surface area contributed by atoms with Gasteiger partial charge >= 0.3 is 0 Å². The summed E-state index contributed by atoms with van der Waals surface area (Å²) < 4.78 is 0. The molecule has 2 aromatic heterocycles. The van der Waals surface area contributed by atoms with Crippen molar-refractivity contribution in [2.45, 2.75) is 63.2 Å². The zero-order chi connectivity index (χ0) is 57.8. The van der Waals surface area contributed by atoms with E-state index in [1.165, 1.54) is 33.9 Å². The van der Waals surface area contributed by atoms with Gasteiger partial charge in [-0.05, 0) is 397 Å². The second-order valence-electron chi connectivity index (χ2n) is 35.5. The van der Waals surface area contributed by atoms with E-state index in [-0.39, 0.29) is 10.8 Å². The summed E-state index contributed by atoms with van der Waals surface area (Å²) in [6, 6.07) is 14.6. The van der Waals surface area contributed by atoms with Crippen LogP contribution >= 0.6 is 0 Å². The van der Waals surface area contributed by atoms with Crippen molar-refractivity contribution in [1.29, 1.82) is 0 Å². The lowest BCUT2D eigenvalue weighted by Crippen LogP contribution is -2.44. The van der Waals surface area contributed by atoms with Crippen LogP contribution in [0.25, 0.3) is 355 Å². The van der Waals surface area contributed by atoms with Crippen LogP contribution in [0, 0.1) is 0 Å². The van der Waals surface area contributed by atoms with Crippen molar-refractivity contribution >= 4 is 355 Å². The van der Waals surface area contributed by atoms with Gasteiger partial charge in [0.1, 0.15) is 0 Å². The van der Waals surface area contributed by atoms with Crippen LogP contribution in [0.1, 0.15) is 86.6 Å². The van der Waals surface area contributed by atoms with E-state index in [1.807, 2.05) is 0 Å². The molecular formula is C92H26N2. The fourth-order valence-electron chi connectivity index (χ4n) is 30.5. The van der Waals surface area contributed by atoms with Gasteiger partial charge in [0, 0.05) is 27.6 Å². The monoisotopic (exact) mass is 1160 g/mol. The zero-order valence-electron chi connectivity index (χ0n) is 50.5. The van der Waals surface area contributed by atoms with Crippen molar-refractivity contribution < 1.29 is 0 Å². The molecule has 0 saturated carbocycles. The number of benzene rings is 24. The molecule has 0 unspecified atom stereocenters. The standard InChI is InChI=1S/C92H26N2/c1-89(2,3)15-9-7-11-17(93-15)91-13-14-92(18-12-8-10-16(94-18)90(4,5)6)86-80-72-63-54-42-34-24-22-19-20-25-29-27-21(19)23(24)33-35-36(34)50-55-49(35)56-53-41(33)37(27)45-39(29)47-43-31(25)32-26(20)30-28(22)38(42)46-40(30)48-44(32)52-51(43)64-60(47)66-58(45)62(53)71-68(56)73-70(55)74(69(72)57(50)54)84(86)83(73)85(91)79(71)77(66)81-75(64)76-65(52)61(48)67(59(46)63)78(80)82(76)88(92)87(81)91/h7-14H,1-6H3/t91-,92+. The first-order valence-electron chi connectivity index (χ1n) is 35.0. The van der Waals surface area contributed by atoms with Crippen LogP contribution in [0.2, 0.25) is 0 Å². The first kappa shape index (κ1) is 38.1. The molecule has 0 bridgehead atoms. The summed E-state index contributed by atoms with van der Waals surface area (Å²) in [5.41, 5.74) is 8.96. The second-order valence-corrected chi connectivity index (χ2v) is 35.5. The third-order valence-electron chi connectivity index (χ3n) is 31.8. The molecule has 0 saturated heterocycles. The molecular weight excluding hydrogens is 1130 g/mol. The molecule has 2 atom stereocenters. The first-order chi connectivity index (χ1) is 46.1. The quantitative estimate of drug-likeness (QED) is 0.0979. The highest BCUT2D eigenvalue weighted by atomic mass is 14.8. The molecule has 0 amide bonds. The van der Waals surface area contributed by atoms with Crippen LogP contribution in [0.4, 0.5) is 0 Å². The van der Waals surface area contributed by atoms with E-state index < -0.39 is 10.8 Å². The van der Waals surface area contributed by atoms with Crippen molar-refractivity contribution in [2.75, 3.05) is 0 Å². The highest BCUT2D eigenvalue weighted by molar-refractivity contribution is 6.84. The molecule has 2 heteroatoms. The van der Waals surface area contributed by atoms with Crippen LogP contribution < -0.4 is 0 Å². The Labute approximate surface area is 518 Å². The van der Waals surface area contributed by atoms with Crippen LogP contribution in [0.3, 0.4) is 0 Å². The molecule has 0 aliphatic heterocycles. The number of nitrogens with zero attached hydrogens (tertiary/aromatic N) is 2. The molecule has 0 radical (unpaired) electrons. The molecule has 404 valence electrons. The van der Waals surface area contributed by atoms with E-state index >= 15 is 0 Å². The third-order valence-corrected chi connectivity index (χ3v) is 31.8. The van der Waals surface area contributed by atoms with Gasteiger partial charge in [-0.1, -0.05) is 65.8 Å². The van der Waals surface area contributed by atoms with Gasteiger partial charge < -0.3 is 0 Å². The predicted molar refractivity (Wildman–Crippen MR) is 399 cm³/mol. The number of hydrogen-bond acceptors (Lipinski definition) is 2. The normalized spacial score (nSPS) is 20.5. The minimum absolute atomic E-state index is 0.184. The van der Waals surface area contributed by atoms with Gasteiger partial charge in [0.15, 0.2) is 0 Å². The van der Waals surface area contributed by atoms with Crippen LogP contribution in [0.15, 0.2) is 48.6 Å². The van der Waals surface area contributed by atoms with Crippen LogP contribution in [-0.4, -0.2) is 9.97 Å². The van der Waals surface area contributed by atoms with Crippen molar-refractivity contribution in [3.05, 3.63) is 93.6 Å². The SMILES string of the molecule is CC(C)(C)c1cccc([C@@]23C=C[C@@]4(c5cccc(C(C)(C)C)n5)c5c6c7c2c2c8c9c3c4c3c4c5c5c%10c6c6c7c7c2c2c%11c8c8c%12c9c3c3c9c4c4c5c5c%10c%10c6c6c7c2c2c7c%11c%11c8c8c%12c3c3c9c9c4c4c5c5c%10c6c2c2c5c5c4c9c4c3c8c3c%11c7c2c5c34)n1. The van der Waals surface area contributed by atoms with Crippen molar-refractivity contribution in [3.63, 3.8) is 0 Å². The fourth-order valence-corrected chi connectivity index (χ4v) is 30.5. The number of fused-ring (bicyclic) bond motifs is 5. The molecule has 94 heavy (non-hydrogen) atoms. The van der Waals surface area contributed by atoms with Crippen molar-refractivity contribution in [3.8, 4) is 0 Å². The number of rotatable bonds is 2. The molecule has 0 N–H and O–H groups in total. The Morgan fingerprint density at radius 2 is 0.319 bits per heavy atom. The van der Waals surface area contributed by atoms with E-state index in [4.69, 9.17) is 9.97 Å². The Bertz CT molecular complexity index is 9510. The Hall–Kier alpha value is -11.1. The predicted octanol–water partition coefficient (Wildman–Crippen LogP) is 24.9. The van der Waals surface area contributed by atoms with Gasteiger partial charge in [0.05, 0.1) is 22.2 Å². The lowest BCUT2D eigenvalue weighted by Gasteiger charge is -2.51. The lowest BCUT2D eigenvalue weighted by atomic mass is 9.50. The van der Waals surface area contributed by atoms with Crippen LogP contribution in [0.5, 0.6) is 0 Å². The summed E-state index contributed by atoms with van der Waals surface area (Å²) in [7, 11) is 0. The Morgan fingerprint density at radius 3 is 0.489 bits per heavy atom. The molecule has 2 nitrogen and oxygen atoms in total. The smallest absolute Gasteiger partial charge is 0.0827 e. The number of hydrogen-bond donors (Lipinski definition) is 0. The number of aromatic nitrogens is 2. The second kappa shape index (κ2) is 8.95. The molecule has 2 heterocycles. The average molecular weight is 1160 g/mol. The molecule has 36 aromatic rings. The highest BCUT2D eigenvalue weighted by Crippen LogP contribution is 2.83. The molecule has 39 rings (SSSR count). The maximum Gasteiger partial charge on any atom is 0.0827 e. The number of pyridine rings is 2. The molecule has 0 spiro atoms. The Kier molecular flexibility index (Phi) is 3.62. The van der Waals surface area contributed by atoms with E-state index in [2.05, 4.69) is 90.1 Å². The van der Waals surface area contributed by atoms with Gasteiger partial charge in [-0.25, -0.2) is 0 Å². The highest BCUT2D eigenvalue weighted by Gasteiger charge is 2.62. The van der Waals surface area contributed by atoms with E-state index in [0.29, 0.717) is 0 Å². The van der Waals surface area contributed by atoms with Crippen molar-refractivity contribution in [1.82, 2.24) is 9.97 Å². The van der Waals surface area contributed by atoms with Gasteiger partial charge in [-0.15, -0.1) is 0 Å². The minimum Gasteiger partial charge on any atom is -0.256 e. The number of allylic oxidation sites excluding steroid dienone is 2. The Balaban J connectivity index is 1.05. The van der Waals surface area contributed by atoms with Gasteiger partial charge in [-0.2, -0.15) is 0 Å². The van der Waals surface area contributed by atoms with Crippen LogP contribution in [-0.2, 0) is 21.7 Å². The Morgan fingerprint density at radius 1 is 0.181 bits per heavy atom. The third kappa shape index (κ3) is 2.28. The van der Waals surface area contributed by atoms with Crippen molar-refractivity contribution in [2.24, 2.45) is 0 Å². The summed E-state index contributed by atoms with van der Waals surface area (Å²) >= 11 is 0. The van der Waals surface area contributed by atoms with E-state index in [9.17, 15) is 0 Å². The lowest BCUT2D eigenvalue weighted by molar-refractivity contribution is 0.553. The van der Waals surface area contributed by atoms with E-state index in [0.717, 1.165) is 0 Å². The minimum atomic E-state index is -0.776. The van der Waals surface area contributed by atoms with Gasteiger partial charge in [0.2, 0.25) is 0 Å². The first-order valence-corrected chi connectivity index (χ1v) is 35.0. The largest absolute Gasteiger partial charge is 0.256 e. The summed E-state index contributed by atoms with van der Waals surface area (Å²) in [5.74, 6) is 0. The average Bonchev–Trinajstić information content (AvgIpc) is 1.37. The van der Waals surface area contributed by atoms with Gasteiger partial charge in [0.25, 0.3) is 0 Å². The fraction of sp³-hybridized carbons (Fsp3) is 0.109. The zero-order valence-corrected chi connectivity index (χ0v) is 50.5. The summed E-state index contributed by atoms with van der Waals surface area (Å²) in [4.78, 5) is 12.7.